The molecule has 2 N–H and O–H groups in total. The Morgan fingerprint density at radius 1 is 1.07 bits per heavy atom. The second-order valence-corrected chi connectivity index (χ2v) is 4.11. The van der Waals surface area contributed by atoms with Gasteiger partial charge in [-0.3, -0.25) is 0 Å². The highest BCUT2D eigenvalue weighted by molar-refractivity contribution is 5.68. The van der Waals surface area contributed by atoms with Crippen molar-refractivity contribution < 1.29 is 5.11 Å². The molecule has 0 atom stereocenters. The van der Waals surface area contributed by atoms with E-state index in [9.17, 15) is 5.11 Å². The average Bonchev–Trinajstić information content (AvgIpc) is 2.23. The van der Waals surface area contributed by atoms with Crippen LogP contribution in [0.2, 0.25) is 0 Å². The molecule has 0 fully saturated rings. The van der Waals surface area contributed by atoms with Gasteiger partial charge < -0.3 is 10.4 Å². The third kappa shape index (κ3) is 1.17. The molecule has 0 saturated carbocycles. The molecule has 0 spiro atoms. The molecule has 1 aliphatic rings. The Morgan fingerprint density at radius 2 is 1.79 bits per heavy atom. The van der Waals surface area contributed by atoms with Gasteiger partial charge in [0.05, 0.1) is 0 Å². The van der Waals surface area contributed by atoms with Crippen molar-refractivity contribution in [2.75, 3.05) is 11.9 Å². The van der Waals surface area contributed by atoms with E-state index >= 15 is 0 Å². The summed E-state index contributed by atoms with van der Waals surface area (Å²) in [7, 11) is 0. The maximum Gasteiger partial charge on any atom is 0.122 e. The summed E-state index contributed by atoms with van der Waals surface area (Å²) in [6.07, 6.45) is 2.25. The van der Waals surface area contributed by atoms with Crippen LogP contribution in [-0.4, -0.2) is 11.7 Å². The first-order chi connectivity index (χ1) is 6.63. The van der Waals surface area contributed by atoms with Gasteiger partial charge in [-0.05, 0) is 55.9 Å². The van der Waals surface area contributed by atoms with Gasteiger partial charge >= 0.3 is 0 Å². The Balaban J connectivity index is 2.71. The molecule has 76 valence electrons. The van der Waals surface area contributed by atoms with Crippen LogP contribution in [0.5, 0.6) is 5.75 Å². The Hall–Kier alpha value is -1.18. The molecule has 2 heteroatoms. The number of phenolic OH excluding ortho intramolecular Hbond substituents is 1. The molecule has 1 heterocycles. The number of phenols is 1. The third-order valence-corrected chi connectivity index (χ3v) is 3.31. The van der Waals surface area contributed by atoms with Crippen LogP contribution in [0.4, 0.5) is 5.69 Å². The van der Waals surface area contributed by atoms with Crippen molar-refractivity contribution in [2.45, 2.75) is 33.6 Å². The first-order valence-corrected chi connectivity index (χ1v) is 5.18. The molecule has 0 saturated heterocycles. The van der Waals surface area contributed by atoms with Crippen molar-refractivity contribution in [2.24, 2.45) is 0 Å². The largest absolute Gasteiger partial charge is 0.507 e. The highest BCUT2D eigenvalue weighted by atomic mass is 16.3. The van der Waals surface area contributed by atoms with Crippen molar-refractivity contribution in [3.8, 4) is 5.75 Å². The molecule has 0 unspecified atom stereocenters. The maximum atomic E-state index is 9.92. The minimum Gasteiger partial charge on any atom is -0.507 e. The molecule has 1 aromatic rings. The molecule has 2 nitrogen and oxygen atoms in total. The Bertz CT molecular complexity index is 346. The fourth-order valence-corrected chi connectivity index (χ4v) is 2.23. The fraction of sp³-hybridized carbons (Fsp3) is 0.500. The molecule has 1 aromatic carbocycles. The highest BCUT2D eigenvalue weighted by Crippen LogP contribution is 2.37. The average molecular weight is 191 g/mol. The van der Waals surface area contributed by atoms with Gasteiger partial charge in [0.2, 0.25) is 0 Å². The van der Waals surface area contributed by atoms with Gasteiger partial charge in [0, 0.05) is 12.2 Å². The number of fused-ring (bicyclic) bond motifs is 1. The molecule has 0 amide bonds. The van der Waals surface area contributed by atoms with Crippen LogP contribution < -0.4 is 5.32 Å². The summed E-state index contributed by atoms with van der Waals surface area (Å²) in [5, 5.41) is 13.3. The summed E-state index contributed by atoms with van der Waals surface area (Å²) in [6.45, 7) is 7.12. The predicted molar refractivity (Wildman–Crippen MR) is 59.1 cm³/mol. The topological polar surface area (TPSA) is 32.3 Å². The van der Waals surface area contributed by atoms with Crippen LogP contribution in [0.25, 0.3) is 0 Å². The molecule has 0 radical (unpaired) electrons. The summed E-state index contributed by atoms with van der Waals surface area (Å²) < 4.78 is 0. The van der Waals surface area contributed by atoms with Gasteiger partial charge in [0.15, 0.2) is 0 Å². The fourth-order valence-electron chi connectivity index (χ4n) is 2.23. The number of aromatic hydroxyl groups is 1. The Labute approximate surface area is 85.0 Å². The highest BCUT2D eigenvalue weighted by Gasteiger charge is 2.18. The van der Waals surface area contributed by atoms with Gasteiger partial charge in [-0.25, -0.2) is 0 Å². The Morgan fingerprint density at radius 3 is 2.50 bits per heavy atom. The smallest absolute Gasteiger partial charge is 0.122 e. The summed E-state index contributed by atoms with van der Waals surface area (Å²) in [5.41, 5.74) is 5.81. The number of nitrogens with one attached hydrogen (secondary N) is 1. The monoisotopic (exact) mass is 191 g/mol. The molecule has 2 rings (SSSR count). The lowest BCUT2D eigenvalue weighted by molar-refractivity contribution is 0.465. The maximum absolute atomic E-state index is 9.92. The first-order valence-electron chi connectivity index (χ1n) is 5.18. The molecule has 1 aliphatic heterocycles. The minimum absolute atomic E-state index is 0.477. The first kappa shape index (κ1) is 9.38. The minimum atomic E-state index is 0.477. The van der Waals surface area contributed by atoms with Gasteiger partial charge in [0.1, 0.15) is 5.75 Å². The summed E-state index contributed by atoms with van der Waals surface area (Å²) in [6, 6.07) is 0. The zero-order valence-corrected chi connectivity index (χ0v) is 9.07. The molecular weight excluding hydrogens is 174 g/mol. The van der Waals surface area contributed by atoms with E-state index < -0.39 is 0 Å². The quantitative estimate of drug-likeness (QED) is 0.618. The van der Waals surface area contributed by atoms with Gasteiger partial charge in [-0.1, -0.05) is 0 Å². The van der Waals surface area contributed by atoms with Crippen LogP contribution in [0.15, 0.2) is 0 Å². The van der Waals surface area contributed by atoms with E-state index in [0.29, 0.717) is 5.75 Å². The standard InChI is InChI=1S/C12H17NO/c1-7-8(2)12(14)9(3)10-5-4-6-13-11(7)10/h13-14H,4-6H2,1-3H3. The summed E-state index contributed by atoms with van der Waals surface area (Å²) in [5.74, 6) is 0.477. The van der Waals surface area contributed by atoms with E-state index in [1.54, 1.807) is 0 Å². The number of rotatable bonds is 0. The molecule has 14 heavy (non-hydrogen) atoms. The second kappa shape index (κ2) is 3.19. The lowest BCUT2D eigenvalue weighted by atomic mass is 9.91. The van der Waals surface area contributed by atoms with E-state index in [1.807, 2.05) is 13.8 Å². The zero-order chi connectivity index (χ0) is 10.3. The summed E-state index contributed by atoms with van der Waals surface area (Å²) in [4.78, 5) is 0. The van der Waals surface area contributed by atoms with E-state index in [1.165, 1.54) is 16.8 Å². The van der Waals surface area contributed by atoms with Gasteiger partial charge in [0.25, 0.3) is 0 Å². The van der Waals surface area contributed by atoms with Crippen LogP contribution in [0.3, 0.4) is 0 Å². The number of anilines is 1. The molecule has 0 aliphatic carbocycles. The van der Waals surface area contributed by atoms with Gasteiger partial charge in [-0.2, -0.15) is 0 Å². The van der Waals surface area contributed by atoms with Crippen LogP contribution >= 0.6 is 0 Å². The third-order valence-electron chi connectivity index (χ3n) is 3.31. The number of hydrogen-bond acceptors (Lipinski definition) is 2. The lowest BCUT2D eigenvalue weighted by Crippen LogP contribution is -2.15. The van der Waals surface area contributed by atoms with Gasteiger partial charge in [-0.15, -0.1) is 0 Å². The predicted octanol–water partition coefficient (Wildman–Crippen LogP) is 2.68. The van der Waals surface area contributed by atoms with Crippen molar-refractivity contribution in [3.63, 3.8) is 0 Å². The van der Waals surface area contributed by atoms with E-state index in [-0.39, 0.29) is 0 Å². The molecule has 0 aromatic heterocycles. The van der Waals surface area contributed by atoms with Crippen molar-refractivity contribution in [3.05, 3.63) is 22.3 Å². The summed E-state index contributed by atoms with van der Waals surface area (Å²) >= 11 is 0. The SMILES string of the molecule is Cc1c(C)c2c(c(C)c1O)CCCN2. The second-order valence-electron chi connectivity index (χ2n) is 4.11. The van der Waals surface area contributed by atoms with E-state index in [0.717, 1.165) is 30.5 Å². The Kier molecular flexibility index (Phi) is 2.14. The number of benzene rings is 1. The number of hydrogen-bond donors (Lipinski definition) is 2. The molecule has 0 bridgehead atoms. The van der Waals surface area contributed by atoms with E-state index in [2.05, 4.69) is 12.2 Å². The van der Waals surface area contributed by atoms with Crippen LogP contribution in [0.1, 0.15) is 28.7 Å². The molecular formula is C12H17NO. The lowest BCUT2D eigenvalue weighted by Gasteiger charge is -2.24. The van der Waals surface area contributed by atoms with Crippen molar-refractivity contribution in [1.29, 1.82) is 0 Å². The zero-order valence-electron chi connectivity index (χ0n) is 9.07. The van der Waals surface area contributed by atoms with Crippen LogP contribution in [-0.2, 0) is 6.42 Å². The van der Waals surface area contributed by atoms with Crippen molar-refractivity contribution >= 4 is 5.69 Å². The van der Waals surface area contributed by atoms with Crippen molar-refractivity contribution in [1.82, 2.24) is 0 Å². The van der Waals surface area contributed by atoms with Crippen LogP contribution in [0, 0.1) is 20.8 Å². The van der Waals surface area contributed by atoms with E-state index in [4.69, 9.17) is 0 Å². The normalized spacial score (nSPS) is 14.8.